The molecule has 0 radical (unpaired) electrons. The third-order valence-corrected chi connectivity index (χ3v) is 4.31. The van der Waals surface area contributed by atoms with Crippen LogP contribution in [-0.2, 0) is 4.79 Å². The summed E-state index contributed by atoms with van der Waals surface area (Å²) in [6.07, 6.45) is 2.06. The fourth-order valence-corrected chi connectivity index (χ4v) is 2.89. The quantitative estimate of drug-likeness (QED) is 0.874. The fourth-order valence-electron chi connectivity index (χ4n) is 2.89. The molecule has 120 valence electrons. The molecule has 1 saturated heterocycles. The van der Waals surface area contributed by atoms with Gasteiger partial charge in [-0.2, -0.15) is 5.10 Å². The van der Waals surface area contributed by atoms with Gasteiger partial charge in [0.1, 0.15) is 6.04 Å². The summed E-state index contributed by atoms with van der Waals surface area (Å²) in [5.41, 5.74) is 2.55. The number of aryl methyl sites for hydroxylation is 1. The van der Waals surface area contributed by atoms with Gasteiger partial charge in [-0.15, -0.1) is 0 Å². The summed E-state index contributed by atoms with van der Waals surface area (Å²) in [6.45, 7) is 5.31. The first-order chi connectivity index (χ1) is 11.1. The van der Waals surface area contributed by atoms with Crippen LogP contribution in [0, 0.1) is 6.92 Å². The van der Waals surface area contributed by atoms with Crippen molar-refractivity contribution < 1.29 is 4.79 Å². The predicted octanol–water partition coefficient (Wildman–Crippen LogP) is 2.40. The SMILES string of the molecule is Cc1ccc(-c2ccc(=O)n(C(C)C(=O)N3CCCC3)n2)cc1. The molecule has 1 atom stereocenters. The lowest BCUT2D eigenvalue weighted by Gasteiger charge is -2.21. The molecule has 5 heteroatoms. The van der Waals surface area contributed by atoms with Crippen molar-refractivity contribution in [3.05, 3.63) is 52.3 Å². The highest BCUT2D eigenvalue weighted by molar-refractivity contribution is 5.80. The van der Waals surface area contributed by atoms with Crippen LogP contribution in [0.3, 0.4) is 0 Å². The summed E-state index contributed by atoms with van der Waals surface area (Å²) < 4.78 is 1.30. The van der Waals surface area contributed by atoms with Crippen LogP contribution in [0.5, 0.6) is 0 Å². The van der Waals surface area contributed by atoms with Gasteiger partial charge in [0.25, 0.3) is 5.56 Å². The molecule has 1 amide bonds. The van der Waals surface area contributed by atoms with E-state index in [1.165, 1.54) is 16.3 Å². The van der Waals surface area contributed by atoms with E-state index in [2.05, 4.69) is 5.10 Å². The highest BCUT2D eigenvalue weighted by Crippen LogP contribution is 2.18. The summed E-state index contributed by atoms with van der Waals surface area (Å²) in [5.74, 6) is -0.0295. The van der Waals surface area contributed by atoms with Gasteiger partial charge < -0.3 is 4.90 Å². The first-order valence-electron chi connectivity index (χ1n) is 8.02. The van der Waals surface area contributed by atoms with Gasteiger partial charge in [0, 0.05) is 24.7 Å². The Balaban J connectivity index is 1.92. The molecular weight excluding hydrogens is 290 g/mol. The maximum Gasteiger partial charge on any atom is 0.267 e. The third kappa shape index (κ3) is 3.18. The highest BCUT2D eigenvalue weighted by Gasteiger charge is 2.25. The number of nitrogens with zero attached hydrogens (tertiary/aromatic N) is 3. The predicted molar refractivity (Wildman–Crippen MR) is 89.2 cm³/mol. The minimum atomic E-state index is -0.578. The maximum absolute atomic E-state index is 12.5. The molecule has 0 aliphatic carbocycles. The van der Waals surface area contributed by atoms with E-state index in [1.807, 2.05) is 36.1 Å². The molecule has 0 saturated carbocycles. The van der Waals surface area contributed by atoms with Crippen LogP contribution in [0.4, 0.5) is 0 Å². The Kier molecular flexibility index (Phi) is 4.28. The first kappa shape index (κ1) is 15.5. The Hall–Kier alpha value is -2.43. The van der Waals surface area contributed by atoms with Gasteiger partial charge in [-0.3, -0.25) is 9.59 Å². The average molecular weight is 311 g/mol. The van der Waals surface area contributed by atoms with Crippen LogP contribution in [0.15, 0.2) is 41.2 Å². The van der Waals surface area contributed by atoms with E-state index < -0.39 is 6.04 Å². The molecule has 1 aliphatic heterocycles. The molecule has 2 heterocycles. The number of carbonyl (C=O) groups is 1. The molecule has 1 unspecified atom stereocenters. The Morgan fingerprint density at radius 1 is 1.09 bits per heavy atom. The van der Waals surface area contributed by atoms with Gasteiger partial charge >= 0.3 is 0 Å². The fraction of sp³-hybridized carbons (Fsp3) is 0.389. The van der Waals surface area contributed by atoms with Gasteiger partial charge in [0.15, 0.2) is 0 Å². The Labute approximate surface area is 135 Å². The summed E-state index contributed by atoms with van der Waals surface area (Å²) in [5, 5.41) is 4.42. The van der Waals surface area contributed by atoms with Crippen molar-refractivity contribution >= 4 is 5.91 Å². The van der Waals surface area contributed by atoms with Gasteiger partial charge in [-0.25, -0.2) is 4.68 Å². The first-order valence-corrected chi connectivity index (χ1v) is 8.02. The molecule has 3 rings (SSSR count). The normalized spacial score (nSPS) is 15.7. The van der Waals surface area contributed by atoms with E-state index in [1.54, 1.807) is 13.0 Å². The van der Waals surface area contributed by atoms with E-state index in [0.29, 0.717) is 5.69 Å². The number of rotatable bonds is 3. The summed E-state index contributed by atoms with van der Waals surface area (Å²) in [4.78, 5) is 26.5. The minimum Gasteiger partial charge on any atom is -0.341 e. The van der Waals surface area contributed by atoms with E-state index in [4.69, 9.17) is 0 Å². The Bertz CT molecular complexity index is 759. The second-order valence-corrected chi connectivity index (χ2v) is 6.08. The lowest BCUT2D eigenvalue weighted by molar-refractivity contribution is -0.133. The lowest BCUT2D eigenvalue weighted by atomic mass is 10.1. The number of amides is 1. The second kappa shape index (κ2) is 6.36. The summed E-state index contributed by atoms with van der Waals surface area (Å²) in [6, 6.07) is 10.6. The van der Waals surface area contributed by atoms with Crippen molar-refractivity contribution in [3.63, 3.8) is 0 Å². The number of aromatic nitrogens is 2. The van der Waals surface area contributed by atoms with Gasteiger partial charge in [-0.05, 0) is 32.8 Å². The third-order valence-electron chi connectivity index (χ3n) is 4.31. The number of hydrogen-bond acceptors (Lipinski definition) is 3. The van der Waals surface area contributed by atoms with Crippen molar-refractivity contribution in [2.45, 2.75) is 32.7 Å². The topological polar surface area (TPSA) is 55.2 Å². The minimum absolute atomic E-state index is 0.0295. The van der Waals surface area contributed by atoms with Crippen LogP contribution in [0.1, 0.15) is 31.4 Å². The van der Waals surface area contributed by atoms with Crippen molar-refractivity contribution in [2.24, 2.45) is 0 Å². The van der Waals surface area contributed by atoms with Crippen molar-refractivity contribution in [1.29, 1.82) is 0 Å². The maximum atomic E-state index is 12.5. The molecule has 0 bridgehead atoms. The Morgan fingerprint density at radius 3 is 2.39 bits per heavy atom. The standard InChI is InChI=1S/C18H21N3O2/c1-13-5-7-15(8-6-13)16-9-10-17(22)21(19-16)14(2)18(23)20-11-3-4-12-20/h5-10,14H,3-4,11-12H2,1-2H3. The molecule has 0 spiro atoms. The van der Waals surface area contributed by atoms with Gasteiger partial charge in [0.05, 0.1) is 5.69 Å². The highest BCUT2D eigenvalue weighted by atomic mass is 16.2. The molecule has 2 aromatic rings. The molecule has 0 N–H and O–H groups in total. The van der Waals surface area contributed by atoms with E-state index >= 15 is 0 Å². The largest absolute Gasteiger partial charge is 0.341 e. The summed E-state index contributed by atoms with van der Waals surface area (Å²) in [7, 11) is 0. The number of hydrogen-bond donors (Lipinski definition) is 0. The lowest BCUT2D eigenvalue weighted by Crippen LogP contribution is -2.38. The van der Waals surface area contributed by atoms with Crippen LogP contribution >= 0.6 is 0 Å². The van der Waals surface area contributed by atoms with E-state index in [9.17, 15) is 9.59 Å². The summed E-state index contributed by atoms with van der Waals surface area (Å²) >= 11 is 0. The second-order valence-electron chi connectivity index (χ2n) is 6.08. The van der Waals surface area contributed by atoms with Gasteiger partial charge in [-0.1, -0.05) is 29.8 Å². The average Bonchev–Trinajstić information content (AvgIpc) is 3.09. The van der Waals surface area contributed by atoms with E-state index in [-0.39, 0.29) is 11.5 Å². The number of likely N-dealkylation sites (tertiary alicyclic amines) is 1. The zero-order chi connectivity index (χ0) is 16.4. The molecule has 1 aromatic carbocycles. The van der Waals surface area contributed by atoms with Crippen LogP contribution < -0.4 is 5.56 Å². The molecule has 1 aliphatic rings. The number of carbonyl (C=O) groups excluding carboxylic acids is 1. The molecule has 5 nitrogen and oxygen atoms in total. The molecule has 1 aromatic heterocycles. The zero-order valence-electron chi connectivity index (χ0n) is 13.5. The monoisotopic (exact) mass is 311 g/mol. The van der Waals surface area contributed by atoms with Crippen molar-refractivity contribution in [1.82, 2.24) is 14.7 Å². The van der Waals surface area contributed by atoms with Crippen LogP contribution in [0.2, 0.25) is 0 Å². The molecule has 23 heavy (non-hydrogen) atoms. The number of benzene rings is 1. The van der Waals surface area contributed by atoms with Crippen molar-refractivity contribution in [3.8, 4) is 11.3 Å². The zero-order valence-corrected chi connectivity index (χ0v) is 13.5. The molecular formula is C18H21N3O2. The smallest absolute Gasteiger partial charge is 0.267 e. The van der Waals surface area contributed by atoms with Crippen molar-refractivity contribution in [2.75, 3.05) is 13.1 Å². The van der Waals surface area contributed by atoms with Gasteiger partial charge in [0.2, 0.25) is 5.91 Å². The molecule has 1 fully saturated rings. The van der Waals surface area contributed by atoms with E-state index in [0.717, 1.165) is 31.5 Å². The van der Waals surface area contributed by atoms with Crippen LogP contribution in [0.25, 0.3) is 11.3 Å². The van der Waals surface area contributed by atoms with Crippen LogP contribution in [-0.4, -0.2) is 33.7 Å². The Morgan fingerprint density at radius 2 is 1.74 bits per heavy atom.